The average Bonchev–Trinajstić information content (AvgIpc) is 3.07. The minimum atomic E-state index is -1.17. The summed E-state index contributed by atoms with van der Waals surface area (Å²) in [7, 11) is 3.38. The minimum Gasteiger partial charge on any atom is -0.508 e. The highest BCUT2D eigenvalue weighted by Gasteiger charge is 2.53. The number of carbonyl (C=O) groups excluding carboxylic acids is 2. The molecule has 0 radical (unpaired) electrons. The van der Waals surface area contributed by atoms with Crippen molar-refractivity contribution >= 4 is 29.8 Å². The lowest BCUT2D eigenvalue weighted by atomic mass is 9.77. The largest absolute Gasteiger partial charge is 0.508 e. The minimum absolute atomic E-state index is 0.0371. The molecule has 0 bridgehead atoms. The van der Waals surface area contributed by atoms with E-state index < -0.39 is 11.6 Å². The number of carbonyl (C=O) groups is 2. The van der Waals surface area contributed by atoms with Crippen LogP contribution < -0.4 is 4.74 Å². The number of benzene rings is 3. The molecule has 0 saturated heterocycles. The van der Waals surface area contributed by atoms with E-state index in [1.807, 2.05) is 12.1 Å². The number of hydrogen-bond donors (Lipinski definition) is 3. The molecule has 2 heterocycles. The number of rotatable bonds is 1. The molecule has 0 fully saturated rings. The first-order valence-corrected chi connectivity index (χ1v) is 10.0. The number of amides is 1. The van der Waals surface area contributed by atoms with Gasteiger partial charge in [-0.3, -0.25) is 4.79 Å². The molecule has 2 aliphatic heterocycles. The first kappa shape index (κ1) is 23.5. The van der Waals surface area contributed by atoms with Crippen LogP contribution in [0.2, 0.25) is 0 Å². The van der Waals surface area contributed by atoms with Gasteiger partial charge in [0.15, 0.2) is 5.60 Å². The maximum absolute atomic E-state index is 12.5. The van der Waals surface area contributed by atoms with Gasteiger partial charge in [0.25, 0.3) is 0 Å². The first-order chi connectivity index (χ1) is 15.8. The second-order valence-electron chi connectivity index (χ2n) is 7.25. The smallest absolute Gasteiger partial charge is 0.340 e. The van der Waals surface area contributed by atoms with Gasteiger partial charge in [0, 0.05) is 42.9 Å². The summed E-state index contributed by atoms with van der Waals surface area (Å²) in [4.78, 5) is 23.4. The van der Waals surface area contributed by atoms with E-state index in [2.05, 4.69) is 12.2 Å². The second kappa shape index (κ2) is 9.52. The highest BCUT2D eigenvalue weighted by Crippen LogP contribution is 2.56. The van der Waals surface area contributed by atoms with E-state index in [1.54, 1.807) is 43.5 Å². The Balaban J connectivity index is 0.000000336. The van der Waals surface area contributed by atoms with Gasteiger partial charge in [-0.1, -0.05) is 18.2 Å². The van der Waals surface area contributed by atoms with Crippen LogP contribution in [0.25, 0.3) is 0 Å². The monoisotopic (exact) mass is 464 g/mol. The number of esters is 1. The van der Waals surface area contributed by atoms with Crippen LogP contribution in [0.15, 0.2) is 60.7 Å². The van der Waals surface area contributed by atoms with Crippen molar-refractivity contribution in [3.05, 3.63) is 82.9 Å². The summed E-state index contributed by atoms with van der Waals surface area (Å²) < 4.78 is 11.8. The molecule has 8 nitrogen and oxygen atoms in total. The van der Waals surface area contributed by atoms with Crippen LogP contribution in [-0.4, -0.2) is 46.7 Å². The normalized spacial score (nSPS) is 13.2. The molecule has 33 heavy (non-hydrogen) atoms. The predicted octanol–water partition coefficient (Wildman–Crippen LogP) is 4.04. The highest BCUT2D eigenvalue weighted by atomic mass is 32.1. The maximum atomic E-state index is 12.5. The van der Waals surface area contributed by atoms with Crippen molar-refractivity contribution in [2.24, 2.45) is 0 Å². The zero-order chi connectivity index (χ0) is 24.2. The van der Waals surface area contributed by atoms with Crippen molar-refractivity contribution in [3.63, 3.8) is 0 Å². The molecule has 168 valence electrons. The molecule has 1 spiro atoms. The molecular formula is C24H20N2O6S. The van der Waals surface area contributed by atoms with Crippen molar-refractivity contribution in [2.45, 2.75) is 5.60 Å². The van der Waals surface area contributed by atoms with Gasteiger partial charge in [0.1, 0.15) is 23.0 Å². The van der Waals surface area contributed by atoms with Crippen LogP contribution in [0, 0.1) is 5.41 Å². The molecule has 3 aromatic rings. The lowest BCUT2D eigenvalue weighted by molar-refractivity contribution is -0.115. The Kier molecular flexibility index (Phi) is 6.77. The van der Waals surface area contributed by atoms with Crippen LogP contribution in [0.3, 0.4) is 0 Å². The van der Waals surface area contributed by atoms with E-state index >= 15 is 0 Å². The Morgan fingerprint density at radius 3 is 1.94 bits per heavy atom. The van der Waals surface area contributed by atoms with Gasteiger partial charge in [0.2, 0.25) is 6.41 Å². The van der Waals surface area contributed by atoms with Crippen molar-refractivity contribution in [1.82, 2.24) is 4.90 Å². The molecule has 3 aromatic carbocycles. The maximum Gasteiger partial charge on any atom is 0.340 e. The quantitative estimate of drug-likeness (QED) is 0.215. The number of thiocarbonyl (C=S) groups is 1. The van der Waals surface area contributed by atoms with Gasteiger partial charge in [-0.25, -0.2) is 10.2 Å². The standard InChI is InChI=1S/C20H12O5.C3H7NO.CHNS/c21-11-5-7-15-17(9-11)24-18-10-12(22)6-8-16(18)20(15)14-4-2-1-3-13(14)19(23)25-20;1-4(2)3-5;2-1-3/h1-10,21-22H;3H,1-2H3;2H. The summed E-state index contributed by atoms with van der Waals surface area (Å²) in [6.45, 7) is 0. The molecule has 0 unspecified atom stereocenters. The van der Waals surface area contributed by atoms with Crippen LogP contribution in [0.1, 0.15) is 27.0 Å². The van der Waals surface area contributed by atoms with Crippen LogP contribution in [0.5, 0.6) is 23.0 Å². The van der Waals surface area contributed by atoms with Crippen LogP contribution in [0.4, 0.5) is 0 Å². The molecule has 0 atom stereocenters. The van der Waals surface area contributed by atoms with E-state index in [0.717, 1.165) is 6.41 Å². The first-order valence-electron chi connectivity index (χ1n) is 9.61. The molecule has 3 N–H and O–H groups in total. The molecule has 0 aliphatic carbocycles. The topological polar surface area (TPSA) is 120 Å². The fourth-order valence-corrected chi connectivity index (χ4v) is 3.65. The van der Waals surface area contributed by atoms with Crippen LogP contribution in [-0.2, 0) is 15.1 Å². The fourth-order valence-electron chi connectivity index (χ4n) is 3.65. The summed E-state index contributed by atoms with van der Waals surface area (Å²) in [5, 5.41) is 27.0. The molecule has 5 rings (SSSR count). The number of hydrogen-bond acceptors (Lipinski definition) is 8. The number of nitrogens with one attached hydrogen (secondary N) is 1. The Morgan fingerprint density at radius 2 is 1.45 bits per heavy atom. The number of ether oxygens (including phenoxy) is 2. The van der Waals surface area contributed by atoms with E-state index in [1.165, 1.54) is 29.2 Å². The zero-order valence-electron chi connectivity index (χ0n) is 17.7. The lowest BCUT2D eigenvalue weighted by Gasteiger charge is -2.36. The number of phenols is 2. The summed E-state index contributed by atoms with van der Waals surface area (Å²) in [5.41, 5.74) is 1.28. The van der Waals surface area contributed by atoms with Gasteiger partial charge in [-0.05, 0) is 42.5 Å². The molecule has 1 amide bonds. The predicted molar refractivity (Wildman–Crippen MR) is 123 cm³/mol. The average molecular weight is 464 g/mol. The Morgan fingerprint density at radius 1 is 0.970 bits per heavy atom. The molecule has 0 saturated carbocycles. The summed E-state index contributed by atoms with van der Waals surface area (Å²) in [6, 6.07) is 16.6. The number of isothiocyanates is 1. The molecular weight excluding hydrogens is 444 g/mol. The van der Waals surface area contributed by atoms with Crippen molar-refractivity contribution in [3.8, 4) is 23.0 Å². The van der Waals surface area contributed by atoms with E-state index in [-0.39, 0.29) is 11.5 Å². The van der Waals surface area contributed by atoms with Crippen molar-refractivity contribution in [1.29, 1.82) is 5.41 Å². The van der Waals surface area contributed by atoms with Gasteiger partial charge in [0.05, 0.1) is 10.7 Å². The lowest BCUT2D eigenvalue weighted by Crippen LogP contribution is -2.32. The third kappa shape index (κ3) is 4.27. The molecule has 2 aliphatic rings. The Hall–Kier alpha value is -4.20. The molecule has 0 aromatic heterocycles. The fraction of sp³-hybridized carbons (Fsp3) is 0.125. The number of aromatic hydroxyl groups is 2. The summed E-state index contributed by atoms with van der Waals surface area (Å²) in [5.74, 6) is 0.408. The van der Waals surface area contributed by atoms with E-state index in [9.17, 15) is 19.8 Å². The van der Waals surface area contributed by atoms with Gasteiger partial charge < -0.3 is 24.6 Å². The zero-order valence-corrected chi connectivity index (χ0v) is 18.6. The van der Waals surface area contributed by atoms with Crippen molar-refractivity contribution in [2.75, 3.05) is 14.1 Å². The third-order valence-electron chi connectivity index (χ3n) is 4.89. The Bertz CT molecular complexity index is 1200. The summed E-state index contributed by atoms with van der Waals surface area (Å²) >= 11 is 3.81. The third-order valence-corrected chi connectivity index (χ3v) is 4.89. The number of fused-ring (bicyclic) bond motifs is 6. The van der Waals surface area contributed by atoms with Gasteiger partial charge in [-0.15, -0.1) is 0 Å². The second-order valence-corrected chi connectivity index (χ2v) is 7.45. The van der Waals surface area contributed by atoms with Crippen molar-refractivity contribution < 1.29 is 29.3 Å². The number of nitrogens with zero attached hydrogens (tertiary/aromatic N) is 1. The van der Waals surface area contributed by atoms with Gasteiger partial charge >= 0.3 is 5.97 Å². The van der Waals surface area contributed by atoms with E-state index in [0.29, 0.717) is 33.8 Å². The molecule has 9 heteroatoms. The Labute approximate surface area is 195 Å². The van der Waals surface area contributed by atoms with Crippen LogP contribution >= 0.6 is 12.2 Å². The SMILES string of the molecule is CN(C)C=O.N=C=S.O=C1OC2(c3ccc(O)cc3Oc3cc(O)ccc32)c2ccccc21. The highest BCUT2D eigenvalue weighted by molar-refractivity contribution is 7.78. The van der Waals surface area contributed by atoms with E-state index in [4.69, 9.17) is 14.9 Å². The number of phenolic OH excluding ortho intramolecular Hbond substituents is 2. The van der Waals surface area contributed by atoms with Gasteiger partial charge in [-0.2, -0.15) is 0 Å². The summed E-state index contributed by atoms with van der Waals surface area (Å²) in [6.07, 6.45) is 0.750.